The van der Waals surface area contributed by atoms with E-state index in [1.807, 2.05) is 0 Å². The molecule has 0 aromatic heterocycles. The Morgan fingerprint density at radius 3 is 2.62 bits per heavy atom. The lowest BCUT2D eigenvalue weighted by molar-refractivity contribution is 0.105. The van der Waals surface area contributed by atoms with Crippen LogP contribution in [0, 0.1) is 16.7 Å². The van der Waals surface area contributed by atoms with Gasteiger partial charge in [-0.2, -0.15) is 5.26 Å². The monoisotopic (exact) mass is 224 g/mol. The minimum Gasteiger partial charge on any atom is -0.383 e. The summed E-state index contributed by atoms with van der Waals surface area (Å²) in [6.07, 6.45) is 4.32. The molecule has 1 unspecified atom stereocenters. The van der Waals surface area contributed by atoms with Crippen LogP contribution in [-0.4, -0.2) is 37.7 Å². The smallest absolute Gasteiger partial charge is 0.0628 e. The van der Waals surface area contributed by atoms with Gasteiger partial charge in [0.15, 0.2) is 0 Å². The summed E-state index contributed by atoms with van der Waals surface area (Å²) in [5.74, 6) is 0. The predicted molar refractivity (Wildman–Crippen MR) is 65.1 cm³/mol. The normalized spacial score (nSPS) is 19.4. The minimum absolute atomic E-state index is 0.311. The van der Waals surface area contributed by atoms with Crippen molar-refractivity contribution in [3.8, 4) is 6.07 Å². The van der Waals surface area contributed by atoms with Crippen molar-refractivity contribution in [3.05, 3.63) is 0 Å². The van der Waals surface area contributed by atoms with Gasteiger partial charge in [0.2, 0.25) is 0 Å². The van der Waals surface area contributed by atoms with Gasteiger partial charge in [0.05, 0.1) is 12.7 Å². The van der Waals surface area contributed by atoms with Crippen LogP contribution in [-0.2, 0) is 4.74 Å². The molecule has 1 atom stereocenters. The number of ether oxygens (including phenoxy) is 1. The Hall–Kier alpha value is -0.590. The van der Waals surface area contributed by atoms with E-state index in [-0.39, 0.29) is 0 Å². The predicted octanol–water partition coefficient (Wildman–Crippen LogP) is 2.43. The third-order valence-corrected chi connectivity index (χ3v) is 3.75. The first-order valence-corrected chi connectivity index (χ1v) is 6.27. The lowest BCUT2D eigenvalue weighted by Crippen LogP contribution is -2.39. The van der Waals surface area contributed by atoms with E-state index in [2.05, 4.69) is 24.8 Å². The van der Waals surface area contributed by atoms with Crippen LogP contribution in [0.3, 0.4) is 0 Å². The number of rotatable bonds is 8. The van der Waals surface area contributed by atoms with Crippen LogP contribution in [0.15, 0.2) is 0 Å². The lowest BCUT2D eigenvalue weighted by atomic mass is 10.0. The van der Waals surface area contributed by atoms with E-state index in [0.717, 1.165) is 26.1 Å². The molecule has 1 aliphatic carbocycles. The molecule has 92 valence electrons. The second kappa shape index (κ2) is 6.22. The highest BCUT2D eigenvalue weighted by atomic mass is 16.5. The molecule has 0 spiro atoms. The van der Waals surface area contributed by atoms with Crippen molar-refractivity contribution < 1.29 is 4.74 Å². The van der Waals surface area contributed by atoms with Gasteiger partial charge in [0.1, 0.15) is 0 Å². The van der Waals surface area contributed by atoms with Gasteiger partial charge in [-0.3, -0.25) is 4.90 Å². The maximum Gasteiger partial charge on any atom is 0.0628 e. The SMILES string of the molecule is CCC(C)N(CCOC)CC1(CC#N)CC1. The van der Waals surface area contributed by atoms with Crippen LogP contribution in [0.2, 0.25) is 0 Å². The average Bonchev–Trinajstić information content (AvgIpc) is 3.04. The van der Waals surface area contributed by atoms with Crippen molar-refractivity contribution in [1.82, 2.24) is 4.90 Å². The second-order valence-electron chi connectivity index (χ2n) is 5.06. The van der Waals surface area contributed by atoms with Crippen molar-refractivity contribution in [1.29, 1.82) is 5.26 Å². The summed E-state index contributed by atoms with van der Waals surface area (Å²) in [5.41, 5.74) is 0.311. The molecule has 1 rings (SSSR count). The van der Waals surface area contributed by atoms with Gasteiger partial charge in [-0.1, -0.05) is 6.92 Å². The first-order valence-electron chi connectivity index (χ1n) is 6.27. The van der Waals surface area contributed by atoms with E-state index >= 15 is 0 Å². The standard InChI is InChI=1S/C13H24N2O/c1-4-12(2)15(9-10-16-3)11-13(5-6-13)7-8-14/h12H,4-7,9-11H2,1-3H3. The molecule has 0 saturated heterocycles. The van der Waals surface area contributed by atoms with Crippen molar-refractivity contribution >= 4 is 0 Å². The highest BCUT2D eigenvalue weighted by molar-refractivity contribution is 5.01. The van der Waals surface area contributed by atoms with Crippen LogP contribution in [0.5, 0.6) is 0 Å². The molecule has 0 amide bonds. The first kappa shape index (κ1) is 13.5. The van der Waals surface area contributed by atoms with E-state index in [9.17, 15) is 0 Å². The third kappa shape index (κ3) is 3.77. The van der Waals surface area contributed by atoms with E-state index < -0.39 is 0 Å². The molecule has 0 aromatic carbocycles. The zero-order valence-electron chi connectivity index (χ0n) is 10.8. The van der Waals surface area contributed by atoms with Gasteiger partial charge in [-0.05, 0) is 31.6 Å². The molecule has 0 aliphatic heterocycles. The Balaban J connectivity index is 2.46. The summed E-state index contributed by atoms with van der Waals surface area (Å²) in [4.78, 5) is 2.48. The maximum atomic E-state index is 8.83. The molecule has 1 saturated carbocycles. The summed E-state index contributed by atoms with van der Waals surface area (Å²) < 4.78 is 5.16. The number of nitrogens with zero attached hydrogens (tertiary/aromatic N) is 2. The second-order valence-corrected chi connectivity index (χ2v) is 5.06. The van der Waals surface area contributed by atoms with E-state index in [0.29, 0.717) is 17.9 Å². The molecule has 1 aliphatic rings. The first-order chi connectivity index (χ1) is 7.67. The molecular weight excluding hydrogens is 200 g/mol. The lowest BCUT2D eigenvalue weighted by Gasteiger charge is -2.31. The molecule has 3 nitrogen and oxygen atoms in total. The highest BCUT2D eigenvalue weighted by Crippen LogP contribution is 2.49. The highest BCUT2D eigenvalue weighted by Gasteiger charge is 2.43. The molecule has 16 heavy (non-hydrogen) atoms. The number of nitriles is 1. The third-order valence-electron chi connectivity index (χ3n) is 3.75. The van der Waals surface area contributed by atoms with E-state index in [1.54, 1.807) is 7.11 Å². The van der Waals surface area contributed by atoms with Crippen LogP contribution in [0.1, 0.15) is 39.5 Å². The topological polar surface area (TPSA) is 36.3 Å². The number of hydrogen-bond acceptors (Lipinski definition) is 3. The van der Waals surface area contributed by atoms with Gasteiger partial charge >= 0.3 is 0 Å². The summed E-state index contributed by atoms with van der Waals surface area (Å²) in [6.45, 7) is 7.32. The molecule has 0 aromatic rings. The zero-order valence-corrected chi connectivity index (χ0v) is 10.8. The van der Waals surface area contributed by atoms with Gasteiger partial charge in [0, 0.05) is 32.7 Å². The molecular formula is C13H24N2O. The fraction of sp³-hybridized carbons (Fsp3) is 0.923. The number of hydrogen-bond donors (Lipinski definition) is 0. The minimum atomic E-state index is 0.311. The molecule has 3 heteroatoms. The number of methoxy groups -OCH3 is 1. The van der Waals surface area contributed by atoms with Crippen LogP contribution in [0.25, 0.3) is 0 Å². The summed E-state index contributed by atoms with van der Waals surface area (Å²) in [5, 5.41) is 8.83. The zero-order chi connectivity index (χ0) is 12.0. The molecule has 0 radical (unpaired) electrons. The van der Waals surface area contributed by atoms with Crippen LogP contribution < -0.4 is 0 Å². The van der Waals surface area contributed by atoms with Crippen LogP contribution in [0.4, 0.5) is 0 Å². The van der Waals surface area contributed by atoms with E-state index in [1.165, 1.54) is 12.8 Å². The average molecular weight is 224 g/mol. The van der Waals surface area contributed by atoms with Crippen LogP contribution >= 0.6 is 0 Å². The Bertz CT molecular complexity index is 243. The Labute approximate surface area is 99.4 Å². The van der Waals surface area contributed by atoms with Crippen molar-refractivity contribution in [2.75, 3.05) is 26.8 Å². The summed E-state index contributed by atoms with van der Waals surface area (Å²) >= 11 is 0. The largest absolute Gasteiger partial charge is 0.383 e. The van der Waals surface area contributed by atoms with Gasteiger partial charge < -0.3 is 4.74 Å². The van der Waals surface area contributed by atoms with Crippen molar-refractivity contribution in [2.24, 2.45) is 5.41 Å². The summed E-state index contributed by atoms with van der Waals surface area (Å²) in [6, 6.07) is 2.92. The Morgan fingerprint density at radius 2 is 2.19 bits per heavy atom. The molecule has 1 fully saturated rings. The maximum absolute atomic E-state index is 8.83. The Morgan fingerprint density at radius 1 is 1.50 bits per heavy atom. The van der Waals surface area contributed by atoms with Gasteiger partial charge in [-0.25, -0.2) is 0 Å². The summed E-state index contributed by atoms with van der Waals surface area (Å²) in [7, 11) is 1.75. The fourth-order valence-electron chi connectivity index (χ4n) is 2.09. The fourth-order valence-corrected chi connectivity index (χ4v) is 2.09. The molecule has 0 N–H and O–H groups in total. The van der Waals surface area contributed by atoms with E-state index in [4.69, 9.17) is 10.00 Å². The van der Waals surface area contributed by atoms with Gasteiger partial charge in [0.25, 0.3) is 0 Å². The van der Waals surface area contributed by atoms with Gasteiger partial charge in [-0.15, -0.1) is 0 Å². The quantitative estimate of drug-likeness (QED) is 0.635. The molecule has 0 bridgehead atoms. The van der Waals surface area contributed by atoms with Crippen molar-refractivity contribution in [3.63, 3.8) is 0 Å². The Kier molecular flexibility index (Phi) is 5.24. The van der Waals surface area contributed by atoms with Crippen molar-refractivity contribution in [2.45, 2.75) is 45.6 Å². The molecule has 0 heterocycles.